The molecule has 0 unspecified atom stereocenters. The summed E-state index contributed by atoms with van der Waals surface area (Å²) in [5.41, 5.74) is 2.45. The Morgan fingerprint density at radius 2 is 1.93 bits per heavy atom. The Labute approximate surface area is 157 Å². The Morgan fingerprint density at radius 1 is 1.26 bits per heavy atom. The monoisotopic (exact) mass is 393 g/mol. The van der Waals surface area contributed by atoms with E-state index in [1.807, 2.05) is 13.8 Å². The molecule has 0 atom stereocenters. The minimum atomic E-state index is -2.86. The highest BCUT2D eigenvalue weighted by atomic mass is 32.2. The highest BCUT2D eigenvalue weighted by molar-refractivity contribution is 7.62. The molecule has 1 aromatic rings. The molecule has 10 heteroatoms. The molecule has 144 valence electrons. The zero-order chi connectivity index (χ0) is 20.0. The van der Waals surface area contributed by atoms with Crippen LogP contribution in [0.3, 0.4) is 0 Å². The first-order valence-electron chi connectivity index (χ1n) is 8.22. The number of urea groups is 1. The second kappa shape index (κ2) is 9.08. The van der Waals surface area contributed by atoms with Crippen LogP contribution < -0.4 is 10.1 Å². The molecule has 0 spiro atoms. The number of ether oxygens (including phenoxy) is 1. The number of carbonyl (C=O) groups is 3. The van der Waals surface area contributed by atoms with E-state index in [9.17, 15) is 22.8 Å². The van der Waals surface area contributed by atoms with Gasteiger partial charge in [-0.05, 0) is 43.0 Å². The minimum Gasteiger partial charge on any atom is -0.408 e. The summed E-state index contributed by atoms with van der Waals surface area (Å²) < 4.78 is 27.9. The van der Waals surface area contributed by atoms with Crippen LogP contribution in [0.2, 0.25) is 0 Å². The van der Waals surface area contributed by atoms with Gasteiger partial charge in [0.25, 0.3) is 5.91 Å². The molecule has 1 aromatic carbocycles. The van der Waals surface area contributed by atoms with Crippen molar-refractivity contribution in [3.8, 4) is 5.75 Å². The Kier molecular flexibility index (Phi) is 6.83. The Morgan fingerprint density at radius 3 is 2.48 bits per heavy atom. The lowest BCUT2D eigenvalue weighted by Gasteiger charge is -2.16. The summed E-state index contributed by atoms with van der Waals surface area (Å²) in [6.45, 7) is 4.37. The maximum absolute atomic E-state index is 12.2. The Balaban J connectivity index is 1.82. The van der Waals surface area contributed by atoms with Crippen molar-refractivity contribution in [2.45, 2.75) is 26.7 Å². The van der Waals surface area contributed by atoms with Crippen LogP contribution in [0.5, 0.6) is 5.75 Å². The molecule has 1 N–H and O–H groups in total. The van der Waals surface area contributed by atoms with Crippen molar-refractivity contribution in [3.05, 3.63) is 41.0 Å². The molecule has 0 saturated heterocycles. The standard InChI is InChI=1S/C17H19N3O6S/c1-3-14-11(2)10-20(15(14)21)16(22)18-9-8-12-4-6-13(7-5-12)26-17(23)19-27(24)25/h4-7H,3,8-10H2,1-2H3,(H,18,22). The smallest absolute Gasteiger partial charge is 0.408 e. The fourth-order valence-corrected chi connectivity index (χ4v) is 2.84. The van der Waals surface area contributed by atoms with Crippen molar-refractivity contribution in [1.29, 1.82) is 0 Å². The first kappa shape index (κ1) is 20.3. The van der Waals surface area contributed by atoms with Gasteiger partial charge in [0.05, 0.1) is 6.54 Å². The number of amides is 4. The van der Waals surface area contributed by atoms with Gasteiger partial charge in [-0.15, -0.1) is 0 Å². The average molecular weight is 393 g/mol. The number of imide groups is 1. The topological polar surface area (TPSA) is 122 Å². The predicted octanol–water partition coefficient (Wildman–Crippen LogP) is 2.07. The van der Waals surface area contributed by atoms with Gasteiger partial charge < -0.3 is 10.1 Å². The van der Waals surface area contributed by atoms with Gasteiger partial charge in [0, 0.05) is 12.1 Å². The minimum absolute atomic E-state index is 0.151. The maximum Gasteiger partial charge on any atom is 0.454 e. The van der Waals surface area contributed by atoms with Crippen molar-refractivity contribution in [2.75, 3.05) is 13.1 Å². The molecule has 0 radical (unpaired) electrons. The third kappa shape index (κ3) is 5.48. The van der Waals surface area contributed by atoms with Crippen molar-refractivity contribution < 1.29 is 27.5 Å². The number of hydrogen-bond acceptors (Lipinski definition) is 6. The molecule has 0 aliphatic carbocycles. The normalized spacial score (nSPS) is 13.6. The lowest BCUT2D eigenvalue weighted by Crippen LogP contribution is -2.42. The van der Waals surface area contributed by atoms with Crippen molar-refractivity contribution in [2.24, 2.45) is 4.36 Å². The third-order valence-corrected chi connectivity index (χ3v) is 4.28. The number of nitrogens with zero attached hydrogens (tertiary/aromatic N) is 2. The molecule has 0 fully saturated rings. The zero-order valence-electron chi connectivity index (χ0n) is 14.9. The van der Waals surface area contributed by atoms with Gasteiger partial charge in [0.1, 0.15) is 5.75 Å². The average Bonchev–Trinajstić information content (AvgIpc) is 2.89. The van der Waals surface area contributed by atoms with Crippen LogP contribution in [-0.4, -0.2) is 44.4 Å². The molecule has 1 heterocycles. The Bertz CT molecular complexity index is 910. The molecular weight excluding hydrogens is 374 g/mol. The van der Waals surface area contributed by atoms with Gasteiger partial charge in [-0.2, -0.15) is 8.42 Å². The van der Waals surface area contributed by atoms with Crippen LogP contribution in [0.4, 0.5) is 9.59 Å². The lowest BCUT2D eigenvalue weighted by molar-refractivity contribution is -0.123. The van der Waals surface area contributed by atoms with Gasteiger partial charge in [-0.25, -0.2) is 9.59 Å². The van der Waals surface area contributed by atoms with E-state index < -0.39 is 22.6 Å². The lowest BCUT2D eigenvalue weighted by atomic mass is 10.1. The number of rotatable bonds is 5. The van der Waals surface area contributed by atoms with Crippen LogP contribution in [0.15, 0.2) is 39.8 Å². The molecule has 0 aromatic heterocycles. The van der Waals surface area contributed by atoms with Crippen LogP contribution in [0.25, 0.3) is 0 Å². The molecule has 0 bridgehead atoms. The van der Waals surface area contributed by atoms with Crippen LogP contribution >= 0.6 is 0 Å². The summed E-state index contributed by atoms with van der Waals surface area (Å²) in [5, 5.41) is 2.71. The van der Waals surface area contributed by atoms with Gasteiger partial charge in [0.15, 0.2) is 0 Å². The molecule has 0 saturated carbocycles. The van der Waals surface area contributed by atoms with Gasteiger partial charge >= 0.3 is 22.6 Å². The van der Waals surface area contributed by atoms with Gasteiger partial charge in [-0.3, -0.25) is 9.69 Å². The van der Waals surface area contributed by atoms with E-state index >= 15 is 0 Å². The van der Waals surface area contributed by atoms with E-state index in [-0.39, 0.29) is 11.7 Å². The SMILES string of the molecule is CCC1=C(C)CN(C(=O)NCCc2ccc(OC(=O)N=S(=O)=O)cc2)C1=O. The molecule has 9 nitrogen and oxygen atoms in total. The third-order valence-electron chi connectivity index (χ3n) is 3.98. The highest BCUT2D eigenvalue weighted by Crippen LogP contribution is 2.21. The summed E-state index contributed by atoms with van der Waals surface area (Å²) in [7, 11) is -2.86. The van der Waals surface area contributed by atoms with E-state index in [2.05, 4.69) is 9.68 Å². The first-order chi connectivity index (χ1) is 12.8. The molecule has 27 heavy (non-hydrogen) atoms. The molecule has 1 aliphatic rings. The van der Waals surface area contributed by atoms with Gasteiger partial charge in [-0.1, -0.05) is 23.4 Å². The fourth-order valence-electron chi connectivity index (χ4n) is 2.68. The van der Waals surface area contributed by atoms with Crippen LogP contribution in [0.1, 0.15) is 25.8 Å². The number of carbonyl (C=O) groups excluding carboxylic acids is 3. The van der Waals surface area contributed by atoms with Crippen molar-refractivity contribution in [1.82, 2.24) is 10.2 Å². The zero-order valence-corrected chi connectivity index (χ0v) is 15.7. The van der Waals surface area contributed by atoms with E-state index in [0.29, 0.717) is 31.5 Å². The first-order valence-corrected chi connectivity index (χ1v) is 9.25. The molecular formula is C17H19N3O6S. The van der Waals surface area contributed by atoms with Gasteiger partial charge in [0.2, 0.25) is 0 Å². The maximum atomic E-state index is 12.2. The summed E-state index contributed by atoms with van der Waals surface area (Å²) in [6.07, 6.45) is -0.123. The summed E-state index contributed by atoms with van der Waals surface area (Å²) in [5.74, 6) is -0.0959. The molecule has 2 rings (SSSR count). The number of hydrogen-bond donors (Lipinski definition) is 1. The highest BCUT2D eigenvalue weighted by Gasteiger charge is 2.31. The quantitative estimate of drug-likeness (QED) is 0.817. The van der Waals surface area contributed by atoms with E-state index in [1.165, 1.54) is 17.0 Å². The van der Waals surface area contributed by atoms with E-state index in [0.717, 1.165) is 11.1 Å². The second-order valence-corrected chi connectivity index (χ2v) is 6.42. The largest absolute Gasteiger partial charge is 0.454 e. The number of nitrogens with one attached hydrogen (secondary N) is 1. The Hall–Kier alpha value is -3.01. The number of benzene rings is 1. The van der Waals surface area contributed by atoms with E-state index in [1.54, 1.807) is 12.1 Å². The van der Waals surface area contributed by atoms with Crippen molar-refractivity contribution >= 4 is 28.5 Å². The molecule has 4 amide bonds. The second-order valence-electron chi connectivity index (χ2n) is 5.81. The van der Waals surface area contributed by atoms with Crippen LogP contribution in [-0.2, 0) is 21.7 Å². The van der Waals surface area contributed by atoms with E-state index in [4.69, 9.17) is 4.74 Å². The van der Waals surface area contributed by atoms with Crippen LogP contribution in [0, 0.1) is 0 Å². The molecule has 1 aliphatic heterocycles. The summed E-state index contributed by atoms with van der Waals surface area (Å²) >= 11 is 0. The summed E-state index contributed by atoms with van der Waals surface area (Å²) in [4.78, 5) is 36.6. The summed E-state index contributed by atoms with van der Waals surface area (Å²) in [6, 6.07) is 5.89. The van der Waals surface area contributed by atoms with Crippen molar-refractivity contribution in [3.63, 3.8) is 0 Å². The predicted molar refractivity (Wildman–Crippen MR) is 95.6 cm³/mol. The fraction of sp³-hybridized carbons (Fsp3) is 0.353.